The first kappa shape index (κ1) is 11.5. The van der Waals surface area contributed by atoms with E-state index in [9.17, 15) is 0 Å². The van der Waals surface area contributed by atoms with Crippen LogP contribution in [0.15, 0.2) is 29.6 Å². The molecule has 0 saturated heterocycles. The summed E-state index contributed by atoms with van der Waals surface area (Å²) in [6, 6.07) is 8.40. The summed E-state index contributed by atoms with van der Waals surface area (Å²) in [5, 5.41) is 2.06. The molecule has 0 aliphatic rings. The highest BCUT2D eigenvalue weighted by Crippen LogP contribution is 2.39. The van der Waals surface area contributed by atoms with Crippen molar-refractivity contribution in [3.05, 3.63) is 40.8 Å². The SMILES string of the molecule is COc1c(CCl)csc1-c1cccc(C)c1. The molecule has 1 aromatic heterocycles. The highest BCUT2D eigenvalue weighted by atomic mass is 35.5. The van der Waals surface area contributed by atoms with Crippen LogP contribution in [0.25, 0.3) is 10.4 Å². The number of methoxy groups -OCH3 is 1. The van der Waals surface area contributed by atoms with E-state index in [-0.39, 0.29) is 0 Å². The van der Waals surface area contributed by atoms with Gasteiger partial charge in [0.1, 0.15) is 5.75 Å². The van der Waals surface area contributed by atoms with Crippen molar-refractivity contribution < 1.29 is 4.74 Å². The van der Waals surface area contributed by atoms with Gasteiger partial charge in [0.2, 0.25) is 0 Å². The Labute approximate surface area is 105 Å². The maximum atomic E-state index is 5.87. The first-order valence-corrected chi connectivity index (χ1v) is 6.45. The van der Waals surface area contributed by atoms with Crippen molar-refractivity contribution in [2.24, 2.45) is 0 Å². The Bertz CT molecular complexity index is 490. The molecule has 0 spiro atoms. The van der Waals surface area contributed by atoms with Crippen molar-refractivity contribution in [2.75, 3.05) is 7.11 Å². The Morgan fingerprint density at radius 1 is 1.38 bits per heavy atom. The van der Waals surface area contributed by atoms with E-state index in [1.807, 2.05) is 0 Å². The number of benzene rings is 1. The van der Waals surface area contributed by atoms with Gasteiger partial charge >= 0.3 is 0 Å². The second-order valence-corrected chi connectivity index (χ2v) is 4.77. The van der Waals surface area contributed by atoms with Gasteiger partial charge < -0.3 is 4.74 Å². The van der Waals surface area contributed by atoms with Gasteiger partial charge in [0.25, 0.3) is 0 Å². The van der Waals surface area contributed by atoms with Crippen LogP contribution in [0, 0.1) is 6.92 Å². The van der Waals surface area contributed by atoms with E-state index < -0.39 is 0 Å². The predicted molar refractivity (Wildman–Crippen MR) is 70.6 cm³/mol. The number of alkyl halides is 1. The van der Waals surface area contributed by atoms with Crippen LogP contribution in [0.4, 0.5) is 0 Å². The molecule has 1 nitrogen and oxygen atoms in total. The van der Waals surface area contributed by atoms with Gasteiger partial charge in [-0.1, -0.05) is 29.8 Å². The summed E-state index contributed by atoms with van der Waals surface area (Å²) in [6.45, 7) is 2.09. The van der Waals surface area contributed by atoms with Crippen LogP contribution >= 0.6 is 22.9 Å². The van der Waals surface area contributed by atoms with Crippen LogP contribution in [0.1, 0.15) is 11.1 Å². The molecular weight excluding hydrogens is 240 g/mol. The van der Waals surface area contributed by atoms with Crippen molar-refractivity contribution in [1.82, 2.24) is 0 Å². The second kappa shape index (κ2) is 4.89. The average Bonchev–Trinajstić information content (AvgIpc) is 2.71. The molecule has 0 aliphatic heterocycles. The predicted octanol–water partition coefficient (Wildman–Crippen LogP) is 4.47. The molecule has 0 N–H and O–H groups in total. The highest BCUT2D eigenvalue weighted by molar-refractivity contribution is 7.14. The topological polar surface area (TPSA) is 9.23 Å². The van der Waals surface area contributed by atoms with Gasteiger partial charge in [0.15, 0.2) is 0 Å². The lowest BCUT2D eigenvalue weighted by atomic mass is 10.1. The zero-order valence-electron chi connectivity index (χ0n) is 9.29. The Morgan fingerprint density at radius 3 is 2.81 bits per heavy atom. The third-order valence-corrected chi connectivity index (χ3v) is 3.79. The maximum Gasteiger partial charge on any atom is 0.141 e. The van der Waals surface area contributed by atoms with Gasteiger partial charge in [0, 0.05) is 5.56 Å². The molecule has 0 atom stereocenters. The zero-order chi connectivity index (χ0) is 11.5. The molecule has 84 valence electrons. The number of rotatable bonds is 3. The van der Waals surface area contributed by atoms with Gasteiger partial charge in [-0.15, -0.1) is 22.9 Å². The minimum Gasteiger partial charge on any atom is -0.495 e. The van der Waals surface area contributed by atoms with E-state index in [4.69, 9.17) is 16.3 Å². The van der Waals surface area contributed by atoms with Crippen molar-refractivity contribution >= 4 is 22.9 Å². The van der Waals surface area contributed by atoms with Crippen molar-refractivity contribution in [1.29, 1.82) is 0 Å². The number of ether oxygens (including phenoxy) is 1. The summed E-state index contributed by atoms with van der Waals surface area (Å²) >= 11 is 7.55. The van der Waals surface area contributed by atoms with Crippen LogP contribution in [0.3, 0.4) is 0 Å². The molecule has 0 aliphatic carbocycles. The van der Waals surface area contributed by atoms with E-state index in [1.165, 1.54) is 11.1 Å². The Balaban J connectivity index is 2.51. The fourth-order valence-corrected chi connectivity index (χ4v) is 3.01. The van der Waals surface area contributed by atoms with E-state index in [0.29, 0.717) is 5.88 Å². The van der Waals surface area contributed by atoms with Crippen molar-refractivity contribution in [2.45, 2.75) is 12.8 Å². The van der Waals surface area contributed by atoms with E-state index in [0.717, 1.165) is 16.2 Å². The molecule has 3 heteroatoms. The van der Waals surface area contributed by atoms with Crippen LogP contribution in [0.2, 0.25) is 0 Å². The third-order valence-electron chi connectivity index (χ3n) is 2.45. The summed E-state index contributed by atoms with van der Waals surface area (Å²) in [7, 11) is 1.69. The van der Waals surface area contributed by atoms with E-state index in [2.05, 4.69) is 36.6 Å². The summed E-state index contributed by atoms with van der Waals surface area (Å²) < 4.78 is 5.43. The second-order valence-electron chi connectivity index (χ2n) is 3.63. The molecule has 0 amide bonds. The third kappa shape index (κ3) is 2.08. The fourth-order valence-electron chi connectivity index (χ4n) is 1.68. The Morgan fingerprint density at radius 2 is 2.19 bits per heavy atom. The molecule has 0 bridgehead atoms. The van der Waals surface area contributed by atoms with Gasteiger partial charge in [0.05, 0.1) is 17.9 Å². The van der Waals surface area contributed by atoms with Crippen LogP contribution in [0.5, 0.6) is 5.75 Å². The lowest BCUT2D eigenvalue weighted by molar-refractivity contribution is 0.415. The molecule has 0 radical (unpaired) electrons. The molecular formula is C13H13ClOS. The van der Waals surface area contributed by atoms with Gasteiger partial charge in [-0.2, -0.15) is 0 Å². The van der Waals surface area contributed by atoms with Crippen molar-refractivity contribution in [3.63, 3.8) is 0 Å². The minimum atomic E-state index is 0.492. The fraction of sp³-hybridized carbons (Fsp3) is 0.231. The lowest BCUT2D eigenvalue weighted by Crippen LogP contribution is -1.87. The first-order valence-electron chi connectivity index (χ1n) is 5.03. The average molecular weight is 253 g/mol. The normalized spacial score (nSPS) is 10.4. The quantitative estimate of drug-likeness (QED) is 0.733. The van der Waals surface area contributed by atoms with Gasteiger partial charge in [-0.3, -0.25) is 0 Å². The molecule has 16 heavy (non-hydrogen) atoms. The number of thiophene rings is 1. The largest absolute Gasteiger partial charge is 0.495 e. The summed E-state index contributed by atoms with van der Waals surface area (Å²) in [6.07, 6.45) is 0. The summed E-state index contributed by atoms with van der Waals surface area (Å²) in [5.41, 5.74) is 3.50. The molecule has 0 fully saturated rings. The molecule has 0 unspecified atom stereocenters. The number of hydrogen-bond acceptors (Lipinski definition) is 2. The molecule has 1 heterocycles. The highest BCUT2D eigenvalue weighted by Gasteiger charge is 2.13. The molecule has 2 rings (SSSR count). The summed E-state index contributed by atoms with van der Waals surface area (Å²) in [5.74, 6) is 1.40. The number of hydrogen-bond donors (Lipinski definition) is 0. The molecule has 0 saturated carbocycles. The maximum absolute atomic E-state index is 5.87. The molecule has 1 aromatic carbocycles. The van der Waals surface area contributed by atoms with Crippen LogP contribution < -0.4 is 4.74 Å². The van der Waals surface area contributed by atoms with Gasteiger partial charge in [-0.05, 0) is 17.9 Å². The van der Waals surface area contributed by atoms with E-state index in [1.54, 1.807) is 18.4 Å². The smallest absolute Gasteiger partial charge is 0.141 e. The van der Waals surface area contributed by atoms with Crippen LogP contribution in [-0.4, -0.2) is 7.11 Å². The summed E-state index contributed by atoms with van der Waals surface area (Å²) in [4.78, 5) is 1.15. The number of aryl methyl sites for hydroxylation is 1. The van der Waals surface area contributed by atoms with E-state index >= 15 is 0 Å². The minimum absolute atomic E-state index is 0.492. The zero-order valence-corrected chi connectivity index (χ0v) is 10.9. The van der Waals surface area contributed by atoms with Crippen LogP contribution in [-0.2, 0) is 5.88 Å². The monoisotopic (exact) mass is 252 g/mol. The first-order chi connectivity index (χ1) is 7.76. The standard InChI is InChI=1S/C13H13ClOS/c1-9-4-3-5-10(6-9)13-12(15-2)11(7-14)8-16-13/h3-6,8H,7H2,1-2H3. The van der Waals surface area contributed by atoms with Gasteiger partial charge in [-0.25, -0.2) is 0 Å². The lowest BCUT2D eigenvalue weighted by Gasteiger charge is -2.05. The van der Waals surface area contributed by atoms with Crippen molar-refractivity contribution in [3.8, 4) is 16.2 Å². The Kier molecular flexibility index (Phi) is 3.52. The number of halogens is 1. The Hall–Kier alpha value is -0.990. The molecule has 2 aromatic rings.